The van der Waals surface area contributed by atoms with Crippen LogP contribution in [0.2, 0.25) is 0 Å². The number of nitrogens with zero attached hydrogens (tertiary/aromatic N) is 2. The summed E-state index contributed by atoms with van der Waals surface area (Å²) in [5.41, 5.74) is 0.826. The smallest absolute Gasteiger partial charge is 0.264 e. The summed E-state index contributed by atoms with van der Waals surface area (Å²) in [5.74, 6) is -1.61. The molecule has 3 aromatic rings. The van der Waals surface area contributed by atoms with E-state index in [0.29, 0.717) is 5.69 Å². The number of carbonyl (C=O) groups is 2. The zero-order chi connectivity index (χ0) is 28.1. The van der Waals surface area contributed by atoms with Gasteiger partial charge in [-0.3, -0.25) is 13.9 Å². The first-order chi connectivity index (χ1) is 17.8. The summed E-state index contributed by atoms with van der Waals surface area (Å²) in [6, 6.07) is 19.6. The van der Waals surface area contributed by atoms with Gasteiger partial charge in [0.1, 0.15) is 18.4 Å². The molecule has 0 heterocycles. The summed E-state index contributed by atoms with van der Waals surface area (Å²) < 4.78 is 43.0. The first-order valence-corrected chi connectivity index (χ1v) is 13.7. The summed E-state index contributed by atoms with van der Waals surface area (Å²) in [6.07, 6.45) is 0. The van der Waals surface area contributed by atoms with Crippen molar-refractivity contribution in [3.05, 3.63) is 95.8 Å². The van der Waals surface area contributed by atoms with E-state index in [1.807, 2.05) is 27.7 Å². The second kappa shape index (κ2) is 11.8. The Morgan fingerprint density at radius 2 is 1.50 bits per heavy atom. The van der Waals surface area contributed by atoms with Gasteiger partial charge in [0.25, 0.3) is 10.0 Å². The zero-order valence-electron chi connectivity index (χ0n) is 22.3. The van der Waals surface area contributed by atoms with E-state index in [0.717, 1.165) is 9.87 Å². The van der Waals surface area contributed by atoms with Crippen LogP contribution in [0.25, 0.3) is 0 Å². The van der Waals surface area contributed by atoms with Gasteiger partial charge in [0.05, 0.1) is 10.6 Å². The molecule has 38 heavy (non-hydrogen) atoms. The van der Waals surface area contributed by atoms with Crippen LogP contribution in [0.5, 0.6) is 0 Å². The molecule has 0 fully saturated rings. The molecule has 2 amide bonds. The van der Waals surface area contributed by atoms with Crippen molar-refractivity contribution in [3.8, 4) is 0 Å². The van der Waals surface area contributed by atoms with Gasteiger partial charge in [0, 0.05) is 17.6 Å². The fourth-order valence-corrected chi connectivity index (χ4v) is 5.24. The van der Waals surface area contributed by atoms with Crippen LogP contribution >= 0.6 is 0 Å². The minimum absolute atomic E-state index is 0.0268. The molecule has 3 aromatic carbocycles. The van der Waals surface area contributed by atoms with E-state index >= 15 is 0 Å². The highest BCUT2D eigenvalue weighted by Gasteiger charge is 2.33. The first-order valence-electron chi connectivity index (χ1n) is 12.3. The van der Waals surface area contributed by atoms with E-state index in [1.54, 1.807) is 55.5 Å². The molecule has 1 N–H and O–H groups in total. The number of rotatable bonds is 9. The second-order valence-electron chi connectivity index (χ2n) is 10.2. The summed E-state index contributed by atoms with van der Waals surface area (Å²) in [7, 11) is -4.14. The number of benzene rings is 3. The Morgan fingerprint density at radius 1 is 0.921 bits per heavy atom. The van der Waals surface area contributed by atoms with Gasteiger partial charge in [-0.15, -0.1) is 0 Å². The minimum atomic E-state index is -4.14. The molecule has 0 aliphatic carbocycles. The van der Waals surface area contributed by atoms with E-state index in [1.165, 1.54) is 35.2 Å². The number of carbonyl (C=O) groups excluding carboxylic acids is 2. The number of hydrogen-bond acceptors (Lipinski definition) is 4. The molecule has 9 heteroatoms. The SMILES string of the molecule is Cc1ccc(S(=O)(=O)N(CC(=O)N(Cc2ccccc2F)[C@@H](C)C(=O)NC(C)(C)C)c2ccccc2)cc1. The number of halogens is 1. The van der Waals surface area contributed by atoms with Crippen molar-refractivity contribution >= 4 is 27.5 Å². The van der Waals surface area contributed by atoms with Gasteiger partial charge in [-0.25, -0.2) is 12.8 Å². The molecule has 0 bridgehead atoms. The van der Waals surface area contributed by atoms with Crippen molar-refractivity contribution in [2.45, 2.75) is 57.6 Å². The van der Waals surface area contributed by atoms with Crippen molar-refractivity contribution in [2.24, 2.45) is 0 Å². The second-order valence-corrected chi connectivity index (χ2v) is 12.1. The topological polar surface area (TPSA) is 86.8 Å². The fraction of sp³-hybridized carbons (Fsp3) is 0.310. The summed E-state index contributed by atoms with van der Waals surface area (Å²) in [5, 5.41) is 2.84. The molecule has 0 unspecified atom stereocenters. The third-order valence-electron chi connectivity index (χ3n) is 5.90. The molecule has 0 aromatic heterocycles. The average Bonchev–Trinajstić information content (AvgIpc) is 2.86. The van der Waals surface area contributed by atoms with Gasteiger partial charge in [0.2, 0.25) is 11.8 Å². The normalized spacial score (nSPS) is 12.5. The summed E-state index contributed by atoms with van der Waals surface area (Å²) >= 11 is 0. The highest BCUT2D eigenvalue weighted by Crippen LogP contribution is 2.25. The van der Waals surface area contributed by atoms with Crippen molar-refractivity contribution in [1.82, 2.24) is 10.2 Å². The number of anilines is 1. The van der Waals surface area contributed by atoms with Gasteiger partial charge in [-0.05, 0) is 65.0 Å². The maximum Gasteiger partial charge on any atom is 0.264 e. The van der Waals surface area contributed by atoms with Crippen LogP contribution in [0, 0.1) is 12.7 Å². The van der Waals surface area contributed by atoms with E-state index in [9.17, 15) is 22.4 Å². The number of sulfonamides is 1. The monoisotopic (exact) mass is 539 g/mol. The molecule has 1 atom stereocenters. The number of amides is 2. The van der Waals surface area contributed by atoms with Gasteiger partial charge in [-0.2, -0.15) is 0 Å². The lowest BCUT2D eigenvalue weighted by Crippen LogP contribution is -2.54. The van der Waals surface area contributed by atoms with Crippen molar-refractivity contribution in [3.63, 3.8) is 0 Å². The third kappa shape index (κ3) is 7.19. The molecule has 0 spiro atoms. The fourth-order valence-electron chi connectivity index (χ4n) is 3.83. The molecule has 0 saturated carbocycles. The Bertz CT molecular complexity index is 1370. The molecule has 0 saturated heterocycles. The lowest BCUT2D eigenvalue weighted by molar-refractivity contribution is -0.140. The molecule has 0 aliphatic heterocycles. The van der Waals surface area contributed by atoms with Crippen molar-refractivity contribution < 1.29 is 22.4 Å². The lowest BCUT2D eigenvalue weighted by atomic mass is 10.1. The molecular weight excluding hydrogens is 505 g/mol. The average molecular weight is 540 g/mol. The maximum absolute atomic E-state index is 14.6. The van der Waals surface area contributed by atoms with Crippen LogP contribution in [0.3, 0.4) is 0 Å². The standard InChI is InChI=1S/C29H34FN3O4S/c1-21-15-17-25(18-16-21)38(36,37)33(24-12-7-6-8-13-24)20-27(34)32(19-23-11-9-10-14-26(23)30)22(2)28(35)31-29(3,4)5/h6-18,22H,19-20H2,1-5H3,(H,31,35)/t22-/m0/s1. The van der Waals surface area contributed by atoms with Gasteiger partial charge < -0.3 is 10.2 Å². The highest BCUT2D eigenvalue weighted by atomic mass is 32.2. The van der Waals surface area contributed by atoms with Crippen molar-refractivity contribution in [2.75, 3.05) is 10.8 Å². The molecule has 0 radical (unpaired) electrons. The van der Waals surface area contributed by atoms with Crippen LogP contribution in [-0.2, 0) is 26.2 Å². The van der Waals surface area contributed by atoms with Crippen LogP contribution in [0.15, 0.2) is 83.8 Å². The van der Waals surface area contributed by atoms with Crippen LogP contribution in [-0.4, -0.2) is 43.3 Å². The molecule has 7 nitrogen and oxygen atoms in total. The number of nitrogens with one attached hydrogen (secondary N) is 1. The Balaban J connectivity index is 2.02. The number of hydrogen-bond donors (Lipinski definition) is 1. The predicted molar refractivity (Wildman–Crippen MR) is 146 cm³/mol. The van der Waals surface area contributed by atoms with Crippen molar-refractivity contribution in [1.29, 1.82) is 0 Å². The first kappa shape index (κ1) is 28.8. The summed E-state index contributed by atoms with van der Waals surface area (Å²) in [4.78, 5) is 28.1. The zero-order valence-corrected chi connectivity index (χ0v) is 23.1. The predicted octanol–water partition coefficient (Wildman–Crippen LogP) is 4.66. The Labute approximate surface area is 224 Å². The quantitative estimate of drug-likeness (QED) is 0.429. The third-order valence-corrected chi connectivity index (χ3v) is 7.68. The van der Waals surface area contributed by atoms with Crippen LogP contribution in [0.4, 0.5) is 10.1 Å². The lowest BCUT2D eigenvalue weighted by Gasteiger charge is -2.33. The minimum Gasteiger partial charge on any atom is -0.350 e. The maximum atomic E-state index is 14.6. The number of para-hydroxylation sites is 1. The highest BCUT2D eigenvalue weighted by molar-refractivity contribution is 7.92. The number of aryl methyl sites for hydroxylation is 1. The van der Waals surface area contributed by atoms with E-state index in [-0.39, 0.29) is 17.0 Å². The Kier molecular flexibility index (Phi) is 8.93. The molecule has 3 rings (SSSR count). The van der Waals surface area contributed by atoms with Gasteiger partial charge >= 0.3 is 0 Å². The molecule has 0 aliphatic rings. The van der Waals surface area contributed by atoms with Gasteiger partial charge in [0.15, 0.2) is 0 Å². The van der Waals surface area contributed by atoms with Gasteiger partial charge in [-0.1, -0.05) is 54.1 Å². The molecule has 202 valence electrons. The summed E-state index contributed by atoms with van der Waals surface area (Å²) in [6.45, 7) is 8.03. The van der Waals surface area contributed by atoms with E-state index in [2.05, 4.69) is 5.32 Å². The van der Waals surface area contributed by atoms with E-state index < -0.39 is 45.8 Å². The van der Waals surface area contributed by atoms with Crippen LogP contribution in [0.1, 0.15) is 38.8 Å². The van der Waals surface area contributed by atoms with E-state index in [4.69, 9.17) is 0 Å². The van der Waals surface area contributed by atoms with Crippen LogP contribution < -0.4 is 9.62 Å². The Hall–Kier alpha value is -3.72. The Morgan fingerprint density at radius 3 is 2.08 bits per heavy atom. The molecular formula is C29H34FN3O4S. The largest absolute Gasteiger partial charge is 0.350 e.